The van der Waals surface area contributed by atoms with Gasteiger partial charge in [0.2, 0.25) is 0 Å². The summed E-state index contributed by atoms with van der Waals surface area (Å²) in [7, 11) is 0. The van der Waals surface area contributed by atoms with E-state index < -0.39 is 5.67 Å². The monoisotopic (exact) mass is 134 g/mol. The Hall–Kier alpha value is -0.0500. The van der Waals surface area contributed by atoms with Gasteiger partial charge in [-0.1, -0.05) is 0 Å². The van der Waals surface area contributed by atoms with Crippen LogP contribution in [0.4, 0.5) is 4.39 Å². The van der Waals surface area contributed by atoms with Gasteiger partial charge in [-0.3, -0.25) is 4.79 Å². The minimum atomic E-state index is -1.48. The number of halogens is 1. The summed E-state index contributed by atoms with van der Waals surface area (Å²) in [5.74, 6) is 1.14. The van der Waals surface area contributed by atoms with E-state index in [-0.39, 0.29) is 0 Å². The number of aldehydes is 1. The summed E-state index contributed by atoms with van der Waals surface area (Å²) in [6.07, 6.45) is 0.828. The number of carbonyl (C=O) groups is 1. The highest BCUT2D eigenvalue weighted by Gasteiger charge is 2.33. The molecule has 1 aliphatic heterocycles. The zero-order valence-corrected chi connectivity index (χ0v) is 5.21. The van der Waals surface area contributed by atoms with E-state index in [0.29, 0.717) is 18.5 Å². The smallest absolute Gasteiger partial charge is 0.175 e. The fourth-order valence-corrected chi connectivity index (χ4v) is 1.83. The second kappa shape index (κ2) is 2.05. The van der Waals surface area contributed by atoms with Gasteiger partial charge in [0.15, 0.2) is 12.0 Å². The molecule has 1 nitrogen and oxygen atoms in total. The number of rotatable bonds is 1. The molecule has 1 atom stereocenters. The maximum absolute atomic E-state index is 12.7. The topological polar surface area (TPSA) is 17.1 Å². The summed E-state index contributed by atoms with van der Waals surface area (Å²) < 4.78 is 12.7. The molecule has 0 spiro atoms. The molecule has 1 unspecified atom stereocenters. The first-order valence-electron chi connectivity index (χ1n) is 2.50. The Morgan fingerprint density at radius 1 is 1.75 bits per heavy atom. The van der Waals surface area contributed by atoms with Gasteiger partial charge in [-0.2, -0.15) is 11.8 Å². The highest BCUT2D eigenvalue weighted by atomic mass is 32.2. The Balaban J connectivity index is 2.52. The van der Waals surface area contributed by atoms with Crippen molar-refractivity contribution in [3.8, 4) is 0 Å². The molecule has 46 valence electrons. The van der Waals surface area contributed by atoms with E-state index in [1.54, 1.807) is 0 Å². The molecule has 1 fully saturated rings. The first-order chi connectivity index (χ1) is 3.77. The number of carbonyl (C=O) groups excluding carboxylic acids is 1. The lowest BCUT2D eigenvalue weighted by atomic mass is 10.1. The largest absolute Gasteiger partial charge is 0.300 e. The Bertz CT molecular complexity index is 98.6. The molecule has 1 heterocycles. The summed E-state index contributed by atoms with van der Waals surface area (Å²) in [5, 5.41) is 0. The van der Waals surface area contributed by atoms with E-state index in [0.717, 1.165) is 5.75 Å². The fraction of sp³-hybridized carbons (Fsp3) is 0.800. The van der Waals surface area contributed by atoms with Gasteiger partial charge in [0.1, 0.15) is 0 Å². The van der Waals surface area contributed by atoms with E-state index in [1.165, 1.54) is 11.8 Å². The standard InChI is InChI=1S/C5H7FOS/c6-5(3-7)1-2-8-4-5/h3H,1-2,4H2. The van der Waals surface area contributed by atoms with Crippen LogP contribution < -0.4 is 0 Å². The van der Waals surface area contributed by atoms with Crippen LogP contribution in [0, 0.1) is 0 Å². The molecule has 0 aromatic rings. The van der Waals surface area contributed by atoms with Gasteiger partial charge in [0.25, 0.3) is 0 Å². The van der Waals surface area contributed by atoms with Crippen molar-refractivity contribution in [1.29, 1.82) is 0 Å². The number of thioether (sulfide) groups is 1. The summed E-state index contributed by atoms with van der Waals surface area (Å²) in [4.78, 5) is 9.94. The molecular weight excluding hydrogens is 127 g/mol. The molecule has 0 N–H and O–H groups in total. The molecule has 1 aliphatic rings. The molecule has 8 heavy (non-hydrogen) atoms. The van der Waals surface area contributed by atoms with Crippen LogP contribution in [0.1, 0.15) is 6.42 Å². The van der Waals surface area contributed by atoms with Gasteiger partial charge in [0, 0.05) is 5.75 Å². The van der Waals surface area contributed by atoms with Crippen LogP contribution in [0.3, 0.4) is 0 Å². The van der Waals surface area contributed by atoms with E-state index in [4.69, 9.17) is 0 Å². The average molecular weight is 134 g/mol. The van der Waals surface area contributed by atoms with Crippen molar-refractivity contribution in [2.24, 2.45) is 0 Å². The Morgan fingerprint density at radius 2 is 2.50 bits per heavy atom. The van der Waals surface area contributed by atoms with E-state index in [2.05, 4.69) is 0 Å². The minimum absolute atomic E-state index is 0.358. The molecule has 1 saturated heterocycles. The Labute approximate surface area is 51.6 Å². The van der Waals surface area contributed by atoms with E-state index in [9.17, 15) is 9.18 Å². The second-order valence-electron chi connectivity index (χ2n) is 1.96. The van der Waals surface area contributed by atoms with Crippen molar-refractivity contribution in [3.05, 3.63) is 0 Å². The van der Waals surface area contributed by atoms with Crippen molar-refractivity contribution in [2.45, 2.75) is 12.1 Å². The first-order valence-corrected chi connectivity index (χ1v) is 3.65. The van der Waals surface area contributed by atoms with Crippen LogP contribution in [-0.4, -0.2) is 23.5 Å². The van der Waals surface area contributed by atoms with Gasteiger partial charge in [-0.25, -0.2) is 4.39 Å². The molecule has 0 saturated carbocycles. The molecule has 0 aliphatic carbocycles. The van der Waals surface area contributed by atoms with Crippen LogP contribution in [0.5, 0.6) is 0 Å². The maximum atomic E-state index is 12.7. The van der Waals surface area contributed by atoms with Crippen molar-refractivity contribution in [3.63, 3.8) is 0 Å². The SMILES string of the molecule is O=CC1(F)CCSC1. The number of hydrogen-bond acceptors (Lipinski definition) is 2. The van der Waals surface area contributed by atoms with Crippen molar-refractivity contribution >= 4 is 18.0 Å². The van der Waals surface area contributed by atoms with Crippen LogP contribution in [0.15, 0.2) is 0 Å². The van der Waals surface area contributed by atoms with Gasteiger partial charge >= 0.3 is 0 Å². The zero-order valence-electron chi connectivity index (χ0n) is 4.39. The van der Waals surface area contributed by atoms with Crippen LogP contribution in [0.25, 0.3) is 0 Å². The minimum Gasteiger partial charge on any atom is -0.300 e. The van der Waals surface area contributed by atoms with Crippen LogP contribution in [0.2, 0.25) is 0 Å². The number of alkyl halides is 1. The summed E-state index contributed by atoms with van der Waals surface area (Å²) in [6.45, 7) is 0. The van der Waals surface area contributed by atoms with Gasteiger partial charge < -0.3 is 0 Å². The van der Waals surface area contributed by atoms with Gasteiger partial charge in [-0.15, -0.1) is 0 Å². The molecule has 0 amide bonds. The molecule has 3 heteroatoms. The number of hydrogen-bond donors (Lipinski definition) is 0. The zero-order chi connectivity index (χ0) is 6.04. The average Bonchev–Trinajstić information content (AvgIpc) is 2.17. The summed E-state index contributed by atoms with van der Waals surface area (Å²) >= 11 is 1.50. The summed E-state index contributed by atoms with van der Waals surface area (Å²) in [5.41, 5.74) is -1.48. The third-order valence-corrected chi connectivity index (χ3v) is 2.39. The predicted octanol–water partition coefficient (Wildman–Crippen LogP) is 1.03. The van der Waals surface area contributed by atoms with Crippen molar-refractivity contribution in [2.75, 3.05) is 11.5 Å². The Morgan fingerprint density at radius 3 is 2.75 bits per heavy atom. The first kappa shape index (κ1) is 6.08. The highest BCUT2D eigenvalue weighted by Crippen LogP contribution is 2.29. The van der Waals surface area contributed by atoms with Gasteiger partial charge in [0.05, 0.1) is 0 Å². The third kappa shape index (κ3) is 1.02. The van der Waals surface area contributed by atoms with E-state index >= 15 is 0 Å². The molecular formula is C5H7FOS. The highest BCUT2D eigenvalue weighted by molar-refractivity contribution is 7.99. The lowest BCUT2D eigenvalue weighted by Gasteiger charge is -2.05. The molecule has 0 radical (unpaired) electrons. The van der Waals surface area contributed by atoms with Gasteiger partial charge in [-0.05, 0) is 12.2 Å². The Kier molecular flexibility index (Phi) is 1.56. The van der Waals surface area contributed by atoms with E-state index in [1.807, 2.05) is 0 Å². The molecule has 1 rings (SSSR count). The summed E-state index contributed by atoms with van der Waals surface area (Å²) in [6, 6.07) is 0. The van der Waals surface area contributed by atoms with Crippen molar-refractivity contribution in [1.82, 2.24) is 0 Å². The second-order valence-corrected chi connectivity index (χ2v) is 3.06. The lowest BCUT2D eigenvalue weighted by molar-refractivity contribution is -0.116. The maximum Gasteiger partial charge on any atom is 0.175 e. The lowest BCUT2D eigenvalue weighted by Crippen LogP contribution is -2.23. The molecule has 0 aromatic heterocycles. The predicted molar refractivity (Wildman–Crippen MR) is 31.8 cm³/mol. The third-order valence-electron chi connectivity index (χ3n) is 1.22. The fourth-order valence-electron chi connectivity index (χ4n) is 0.649. The molecule has 0 aromatic carbocycles. The quantitative estimate of drug-likeness (QED) is 0.498. The molecule has 0 bridgehead atoms. The van der Waals surface area contributed by atoms with Crippen LogP contribution in [-0.2, 0) is 4.79 Å². The van der Waals surface area contributed by atoms with Crippen molar-refractivity contribution < 1.29 is 9.18 Å². The normalized spacial score (nSPS) is 37.6. The van der Waals surface area contributed by atoms with Crippen LogP contribution >= 0.6 is 11.8 Å².